The van der Waals surface area contributed by atoms with E-state index in [0.717, 1.165) is 5.69 Å². The first-order valence-corrected chi connectivity index (χ1v) is 8.25. The van der Waals surface area contributed by atoms with Crippen molar-refractivity contribution in [3.05, 3.63) is 41.9 Å². The van der Waals surface area contributed by atoms with Crippen LogP contribution in [0.3, 0.4) is 0 Å². The second-order valence-electron chi connectivity index (χ2n) is 7.08. The van der Waals surface area contributed by atoms with E-state index in [1.54, 1.807) is 17.1 Å². The minimum Gasteiger partial charge on any atom is -0.394 e. The van der Waals surface area contributed by atoms with E-state index in [2.05, 4.69) is 36.2 Å². The lowest BCUT2D eigenvalue weighted by Gasteiger charge is -2.25. The summed E-state index contributed by atoms with van der Waals surface area (Å²) < 4.78 is 1.69. The summed E-state index contributed by atoms with van der Waals surface area (Å²) in [6.45, 7) is 8.14. The van der Waals surface area contributed by atoms with E-state index >= 15 is 0 Å². The van der Waals surface area contributed by atoms with Crippen molar-refractivity contribution in [1.29, 1.82) is 0 Å². The van der Waals surface area contributed by atoms with Crippen LogP contribution < -0.4 is 5.32 Å². The average Bonchev–Trinajstić information content (AvgIpc) is 2.97. The molecular weight excluding hydrogens is 304 g/mol. The highest BCUT2D eigenvalue weighted by Gasteiger charge is 2.23. The summed E-state index contributed by atoms with van der Waals surface area (Å²) in [5.74, 6) is 0.471. The number of pyridine rings is 1. The largest absolute Gasteiger partial charge is 0.394 e. The van der Waals surface area contributed by atoms with Gasteiger partial charge in [-0.05, 0) is 30.4 Å². The highest BCUT2D eigenvalue weighted by molar-refractivity contribution is 5.95. The van der Waals surface area contributed by atoms with Crippen LogP contribution in [-0.2, 0) is 6.42 Å². The Balaban J connectivity index is 2.22. The minimum absolute atomic E-state index is 0.0202. The zero-order chi connectivity index (χ0) is 17.7. The number of aromatic nitrogens is 3. The first-order chi connectivity index (χ1) is 11.4. The molecule has 2 aromatic heterocycles. The van der Waals surface area contributed by atoms with Crippen LogP contribution in [-0.4, -0.2) is 38.4 Å². The number of hydrogen-bond donors (Lipinski definition) is 2. The first kappa shape index (κ1) is 18.1. The minimum atomic E-state index is -0.277. The van der Waals surface area contributed by atoms with Crippen molar-refractivity contribution in [3.8, 4) is 5.82 Å². The molecule has 1 unspecified atom stereocenters. The van der Waals surface area contributed by atoms with Crippen LogP contribution in [0.4, 0.5) is 0 Å². The molecule has 0 spiro atoms. The Bertz CT molecular complexity index is 674. The Labute approximate surface area is 142 Å². The molecule has 6 nitrogen and oxygen atoms in total. The molecule has 1 atom stereocenters. The van der Waals surface area contributed by atoms with Gasteiger partial charge in [-0.1, -0.05) is 33.8 Å². The summed E-state index contributed by atoms with van der Waals surface area (Å²) in [5, 5.41) is 16.8. The number of amides is 1. The number of carbonyl (C=O) groups excluding carboxylic acids is 1. The van der Waals surface area contributed by atoms with Crippen LogP contribution in [0.2, 0.25) is 0 Å². The highest BCUT2D eigenvalue weighted by Crippen LogP contribution is 2.21. The van der Waals surface area contributed by atoms with E-state index < -0.39 is 0 Å². The molecule has 0 saturated heterocycles. The maximum Gasteiger partial charge on any atom is 0.255 e. The van der Waals surface area contributed by atoms with Crippen LogP contribution in [0.1, 0.15) is 50.2 Å². The smallest absolute Gasteiger partial charge is 0.255 e. The third-order valence-corrected chi connectivity index (χ3v) is 3.73. The van der Waals surface area contributed by atoms with Crippen molar-refractivity contribution < 1.29 is 9.90 Å². The molecule has 0 fully saturated rings. The fourth-order valence-corrected chi connectivity index (χ4v) is 2.74. The fraction of sp³-hybridized carbons (Fsp3) is 0.500. The summed E-state index contributed by atoms with van der Waals surface area (Å²) in [6.07, 6.45) is 4.61. The van der Waals surface area contributed by atoms with Crippen molar-refractivity contribution in [2.75, 3.05) is 6.61 Å². The molecule has 0 aliphatic carbocycles. The van der Waals surface area contributed by atoms with E-state index in [1.165, 1.54) is 0 Å². The molecular formula is C18H26N4O2. The Kier molecular flexibility index (Phi) is 5.72. The third-order valence-electron chi connectivity index (χ3n) is 3.73. The predicted molar refractivity (Wildman–Crippen MR) is 93.1 cm³/mol. The number of aliphatic hydroxyl groups excluding tert-OH is 1. The number of carbonyl (C=O) groups is 1. The standard InChI is InChI=1S/C18H26N4O2/c1-5-15-14(11-20-22(15)16-8-6-7-9-19-16)17(24)21-13(12-23)10-18(2,3)4/h6-9,11,13,23H,5,10,12H2,1-4H3,(H,21,24). The summed E-state index contributed by atoms with van der Waals surface area (Å²) >= 11 is 0. The zero-order valence-electron chi connectivity index (χ0n) is 14.8. The lowest BCUT2D eigenvalue weighted by molar-refractivity contribution is 0.0896. The van der Waals surface area contributed by atoms with E-state index in [0.29, 0.717) is 24.2 Å². The second kappa shape index (κ2) is 7.57. The van der Waals surface area contributed by atoms with Gasteiger partial charge in [-0.2, -0.15) is 5.10 Å². The van der Waals surface area contributed by atoms with Gasteiger partial charge in [-0.3, -0.25) is 4.79 Å². The molecule has 0 aliphatic heterocycles. The van der Waals surface area contributed by atoms with Gasteiger partial charge < -0.3 is 10.4 Å². The van der Waals surface area contributed by atoms with E-state index in [4.69, 9.17) is 0 Å². The van der Waals surface area contributed by atoms with Gasteiger partial charge in [0.15, 0.2) is 5.82 Å². The molecule has 0 bridgehead atoms. The van der Waals surface area contributed by atoms with Gasteiger partial charge in [0, 0.05) is 6.20 Å². The first-order valence-electron chi connectivity index (χ1n) is 8.25. The Morgan fingerprint density at radius 3 is 2.67 bits per heavy atom. The summed E-state index contributed by atoms with van der Waals surface area (Å²) in [4.78, 5) is 16.9. The average molecular weight is 330 g/mol. The lowest BCUT2D eigenvalue weighted by Crippen LogP contribution is -2.40. The van der Waals surface area contributed by atoms with Crippen molar-refractivity contribution in [2.45, 2.75) is 46.6 Å². The summed E-state index contributed by atoms with van der Waals surface area (Å²) in [5.41, 5.74) is 1.35. The van der Waals surface area contributed by atoms with Crippen LogP contribution in [0.15, 0.2) is 30.6 Å². The zero-order valence-corrected chi connectivity index (χ0v) is 14.8. The van der Waals surface area contributed by atoms with Crippen LogP contribution in [0.25, 0.3) is 5.82 Å². The van der Waals surface area contributed by atoms with Crippen LogP contribution in [0, 0.1) is 5.41 Å². The van der Waals surface area contributed by atoms with Gasteiger partial charge >= 0.3 is 0 Å². The molecule has 0 radical (unpaired) electrons. The monoisotopic (exact) mass is 330 g/mol. The second-order valence-corrected chi connectivity index (χ2v) is 7.08. The molecule has 2 heterocycles. The molecule has 24 heavy (non-hydrogen) atoms. The van der Waals surface area contributed by atoms with Gasteiger partial charge in [0.25, 0.3) is 5.91 Å². The number of nitrogens with one attached hydrogen (secondary N) is 1. The van der Waals surface area contributed by atoms with Gasteiger partial charge in [0.2, 0.25) is 0 Å². The predicted octanol–water partition coefficient (Wildman–Crippen LogP) is 2.36. The van der Waals surface area contributed by atoms with Gasteiger partial charge in [0.05, 0.1) is 30.1 Å². The molecule has 1 amide bonds. The molecule has 2 N–H and O–H groups in total. The van der Waals surface area contributed by atoms with Crippen molar-refractivity contribution >= 4 is 5.91 Å². The van der Waals surface area contributed by atoms with Gasteiger partial charge in [0.1, 0.15) is 0 Å². The van der Waals surface area contributed by atoms with Crippen LogP contribution >= 0.6 is 0 Å². The molecule has 2 rings (SSSR count). The Morgan fingerprint density at radius 2 is 2.12 bits per heavy atom. The van der Waals surface area contributed by atoms with E-state index in [-0.39, 0.29) is 24.0 Å². The van der Waals surface area contributed by atoms with E-state index in [9.17, 15) is 9.90 Å². The number of rotatable bonds is 6. The maximum absolute atomic E-state index is 12.6. The molecule has 2 aromatic rings. The van der Waals surface area contributed by atoms with Gasteiger partial charge in [-0.15, -0.1) is 0 Å². The highest BCUT2D eigenvalue weighted by atomic mass is 16.3. The van der Waals surface area contributed by atoms with E-state index in [1.807, 2.05) is 25.1 Å². The lowest BCUT2D eigenvalue weighted by atomic mass is 9.88. The molecule has 130 valence electrons. The number of aliphatic hydroxyl groups is 1. The van der Waals surface area contributed by atoms with Crippen LogP contribution in [0.5, 0.6) is 0 Å². The molecule has 0 aromatic carbocycles. The fourth-order valence-electron chi connectivity index (χ4n) is 2.74. The van der Waals surface area contributed by atoms with Crippen molar-refractivity contribution in [3.63, 3.8) is 0 Å². The van der Waals surface area contributed by atoms with Crippen molar-refractivity contribution in [1.82, 2.24) is 20.1 Å². The Hall–Kier alpha value is -2.21. The maximum atomic E-state index is 12.6. The third kappa shape index (κ3) is 4.41. The molecule has 0 saturated carbocycles. The number of nitrogens with zero attached hydrogens (tertiary/aromatic N) is 3. The summed E-state index contributed by atoms with van der Waals surface area (Å²) in [6, 6.07) is 5.29. The summed E-state index contributed by atoms with van der Waals surface area (Å²) in [7, 11) is 0. The van der Waals surface area contributed by atoms with Gasteiger partial charge in [-0.25, -0.2) is 9.67 Å². The van der Waals surface area contributed by atoms with Crippen molar-refractivity contribution in [2.24, 2.45) is 5.41 Å². The molecule has 6 heteroatoms. The quantitative estimate of drug-likeness (QED) is 0.852. The normalized spacial score (nSPS) is 12.9. The molecule has 0 aliphatic rings. The SMILES string of the molecule is CCc1c(C(=O)NC(CO)CC(C)(C)C)cnn1-c1ccccn1. The topological polar surface area (TPSA) is 80.0 Å². The number of hydrogen-bond acceptors (Lipinski definition) is 4. The Morgan fingerprint density at radius 1 is 1.38 bits per heavy atom.